The lowest BCUT2D eigenvalue weighted by molar-refractivity contribution is 0.0915. The molecule has 0 aliphatic carbocycles. The first-order chi connectivity index (χ1) is 9.36. The largest absolute Gasteiger partial charge is 0.396 e. The Bertz CT molecular complexity index is 440. The van der Waals surface area contributed by atoms with Gasteiger partial charge in [0.15, 0.2) is 0 Å². The highest BCUT2D eigenvalue weighted by atomic mass is 16.3. The number of aromatic nitrogens is 2. The van der Waals surface area contributed by atoms with Gasteiger partial charge in [0, 0.05) is 24.9 Å². The Balaban J connectivity index is 2.70. The number of rotatable bonds is 7. The van der Waals surface area contributed by atoms with E-state index in [4.69, 9.17) is 5.11 Å². The molecule has 114 valence electrons. The number of aliphatic hydroxyl groups is 1. The van der Waals surface area contributed by atoms with Crippen LogP contribution < -0.4 is 5.32 Å². The van der Waals surface area contributed by atoms with E-state index in [0.29, 0.717) is 11.5 Å². The van der Waals surface area contributed by atoms with Crippen LogP contribution in [0.2, 0.25) is 0 Å². The summed E-state index contributed by atoms with van der Waals surface area (Å²) in [4.78, 5) is 12.2. The van der Waals surface area contributed by atoms with Gasteiger partial charge in [0.1, 0.15) is 0 Å². The molecular formula is C15H27N3O2. The number of carbonyl (C=O) groups is 1. The number of hydrogen-bond donors (Lipinski definition) is 2. The molecule has 1 aromatic rings. The molecule has 2 atom stereocenters. The Kier molecular flexibility index (Phi) is 6.20. The molecule has 20 heavy (non-hydrogen) atoms. The normalized spacial score (nSPS) is 14.3. The number of aliphatic hydroxyl groups excluding tert-OH is 1. The van der Waals surface area contributed by atoms with Crippen molar-refractivity contribution < 1.29 is 9.90 Å². The summed E-state index contributed by atoms with van der Waals surface area (Å²) in [5.41, 5.74) is 1.51. The lowest BCUT2D eigenvalue weighted by Crippen LogP contribution is -2.38. The minimum atomic E-state index is -0.119. The molecule has 5 nitrogen and oxygen atoms in total. The van der Waals surface area contributed by atoms with Crippen LogP contribution in [0.1, 0.15) is 50.2 Å². The summed E-state index contributed by atoms with van der Waals surface area (Å²) in [7, 11) is 0. The maximum Gasteiger partial charge on any atom is 0.254 e. The zero-order valence-electron chi connectivity index (χ0n) is 13.2. The Morgan fingerprint density at radius 1 is 1.40 bits per heavy atom. The summed E-state index contributed by atoms with van der Waals surface area (Å²) in [6.07, 6.45) is 2.67. The zero-order valence-corrected chi connectivity index (χ0v) is 13.2. The highest BCUT2D eigenvalue weighted by Gasteiger charge is 2.18. The fourth-order valence-corrected chi connectivity index (χ4v) is 1.86. The topological polar surface area (TPSA) is 67.2 Å². The Morgan fingerprint density at radius 3 is 2.60 bits per heavy atom. The Labute approximate surface area is 121 Å². The van der Waals surface area contributed by atoms with E-state index in [2.05, 4.69) is 24.3 Å². The average molecular weight is 281 g/mol. The van der Waals surface area contributed by atoms with Crippen LogP contribution in [0, 0.1) is 18.8 Å². The first-order valence-electron chi connectivity index (χ1n) is 7.30. The third kappa shape index (κ3) is 4.34. The van der Waals surface area contributed by atoms with Crippen molar-refractivity contribution in [3.8, 4) is 0 Å². The molecule has 1 aromatic heterocycles. The molecule has 0 saturated heterocycles. The smallest absolute Gasteiger partial charge is 0.254 e. The zero-order chi connectivity index (χ0) is 15.3. The summed E-state index contributed by atoms with van der Waals surface area (Å²) in [5, 5.41) is 16.3. The van der Waals surface area contributed by atoms with Crippen LogP contribution >= 0.6 is 0 Å². The SMILES string of the molecule is Cc1c(C(=O)NC(C)C(C)CO)cnn1CCC(C)C. The summed E-state index contributed by atoms with van der Waals surface area (Å²) in [5.74, 6) is 0.530. The van der Waals surface area contributed by atoms with Crippen LogP contribution in [0.25, 0.3) is 0 Å². The molecule has 0 aliphatic rings. The summed E-state index contributed by atoms with van der Waals surface area (Å²) in [6.45, 7) is 11.0. The maximum absolute atomic E-state index is 12.2. The van der Waals surface area contributed by atoms with Gasteiger partial charge in [0.2, 0.25) is 0 Å². The third-order valence-electron chi connectivity index (χ3n) is 3.77. The van der Waals surface area contributed by atoms with Crippen molar-refractivity contribution in [3.05, 3.63) is 17.5 Å². The van der Waals surface area contributed by atoms with E-state index >= 15 is 0 Å². The van der Waals surface area contributed by atoms with Gasteiger partial charge in [-0.15, -0.1) is 0 Å². The Hall–Kier alpha value is -1.36. The number of nitrogens with zero attached hydrogens (tertiary/aromatic N) is 2. The van der Waals surface area contributed by atoms with Gasteiger partial charge >= 0.3 is 0 Å². The van der Waals surface area contributed by atoms with Crippen molar-refractivity contribution in [2.75, 3.05) is 6.61 Å². The molecule has 0 bridgehead atoms. The minimum Gasteiger partial charge on any atom is -0.396 e. The van der Waals surface area contributed by atoms with Gasteiger partial charge in [0.05, 0.1) is 11.8 Å². The lowest BCUT2D eigenvalue weighted by atomic mass is 10.0. The second-order valence-electron chi connectivity index (χ2n) is 5.97. The van der Waals surface area contributed by atoms with E-state index in [-0.39, 0.29) is 24.5 Å². The van der Waals surface area contributed by atoms with Crippen molar-refractivity contribution in [2.45, 2.75) is 53.6 Å². The van der Waals surface area contributed by atoms with Gasteiger partial charge in [0.25, 0.3) is 5.91 Å². The van der Waals surface area contributed by atoms with Crippen molar-refractivity contribution >= 4 is 5.91 Å². The molecule has 1 heterocycles. The van der Waals surface area contributed by atoms with Crippen LogP contribution in [-0.2, 0) is 6.54 Å². The Morgan fingerprint density at radius 2 is 2.05 bits per heavy atom. The molecule has 0 radical (unpaired) electrons. The molecule has 0 fully saturated rings. The number of nitrogens with one attached hydrogen (secondary N) is 1. The molecular weight excluding hydrogens is 254 g/mol. The van der Waals surface area contributed by atoms with E-state index < -0.39 is 0 Å². The van der Waals surface area contributed by atoms with Crippen LogP contribution in [0.5, 0.6) is 0 Å². The van der Waals surface area contributed by atoms with E-state index in [1.807, 2.05) is 25.5 Å². The minimum absolute atomic E-state index is 0.0373. The molecule has 0 aliphatic heterocycles. The third-order valence-corrected chi connectivity index (χ3v) is 3.77. The fourth-order valence-electron chi connectivity index (χ4n) is 1.86. The summed E-state index contributed by atoms with van der Waals surface area (Å²) < 4.78 is 1.88. The van der Waals surface area contributed by atoms with Crippen molar-refractivity contribution in [1.82, 2.24) is 15.1 Å². The van der Waals surface area contributed by atoms with Gasteiger partial charge in [-0.1, -0.05) is 20.8 Å². The van der Waals surface area contributed by atoms with E-state index in [1.54, 1.807) is 6.20 Å². The van der Waals surface area contributed by atoms with Crippen molar-refractivity contribution in [2.24, 2.45) is 11.8 Å². The van der Waals surface area contributed by atoms with E-state index in [9.17, 15) is 4.79 Å². The van der Waals surface area contributed by atoms with Gasteiger partial charge in [-0.05, 0) is 32.1 Å². The lowest BCUT2D eigenvalue weighted by Gasteiger charge is -2.19. The molecule has 0 spiro atoms. The standard InChI is InChI=1S/C15H27N3O2/c1-10(2)6-7-18-13(5)14(8-16-18)15(20)17-12(4)11(3)9-19/h8,10-12,19H,6-7,9H2,1-5H3,(H,17,20). The second-order valence-corrected chi connectivity index (χ2v) is 5.97. The summed E-state index contributed by atoms with van der Waals surface area (Å²) in [6, 6.07) is -0.0640. The fraction of sp³-hybridized carbons (Fsp3) is 0.733. The predicted octanol–water partition coefficient (Wildman–Crippen LogP) is 1.98. The first-order valence-corrected chi connectivity index (χ1v) is 7.30. The number of aryl methyl sites for hydroxylation is 1. The number of carbonyl (C=O) groups excluding carboxylic acids is 1. The van der Waals surface area contributed by atoms with Crippen molar-refractivity contribution in [1.29, 1.82) is 0 Å². The molecule has 2 N–H and O–H groups in total. The first kappa shape index (κ1) is 16.7. The predicted molar refractivity (Wildman–Crippen MR) is 79.6 cm³/mol. The van der Waals surface area contributed by atoms with Gasteiger partial charge in [-0.2, -0.15) is 5.10 Å². The van der Waals surface area contributed by atoms with Crippen molar-refractivity contribution in [3.63, 3.8) is 0 Å². The van der Waals surface area contributed by atoms with Crippen LogP contribution in [-0.4, -0.2) is 33.4 Å². The van der Waals surface area contributed by atoms with E-state index in [1.165, 1.54) is 0 Å². The molecule has 1 amide bonds. The van der Waals surface area contributed by atoms with Gasteiger partial charge in [-0.25, -0.2) is 0 Å². The highest BCUT2D eigenvalue weighted by Crippen LogP contribution is 2.11. The number of hydrogen-bond acceptors (Lipinski definition) is 3. The highest BCUT2D eigenvalue weighted by molar-refractivity contribution is 5.95. The van der Waals surface area contributed by atoms with Crippen LogP contribution in [0.15, 0.2) is 6.20 Å². The maximum atomic E-state index is 12.2. The molecule has 0 saturated carbocycles. The van der Waals surface area contributed by atoms with Crippen LogP contribution in [0.3, 0.4) is 0 Å². The summed E-state index contributed by atoms with van der Waals surface area (Å²) >= 11 is 0. The molecule has 1 rings (SSSR count). The molecule has 0 aromatic carbocycles. The second kappa shape index (κ2) is 7.43. The number of amides is 1. The molecule has 2 unspecified atom stereocenters. The van der Waals surface area contributed by atoms with E-state index in [0.717, 1.165) is 18.7 Å². The van der Waals surface area contributed by atoms with Crippen LogP contribution in [0.4, 0.5) is 0 Å². The quantitative estimate of drug-likeness (QED) is 0.803. The molecule has 5 heteroatoms. The average Bonchev–Trinajstić information content (AvgIpc) is 2.76. The van der Waals surface area contributed by atoms with Gasteiger partial charge < -0.3 is 10.4 Å². The van der Waals surface area contributed by atoms with Gasteiger partial charge in [-0.3, -0.25) is 9.48 Å². The monoisotopic (exact) mass is 281 g/mol.